The first-order chi connectivity index (χ1) is 10.6. The van der Waals surface area contributed by atoms with Crippen LogP contribution in [0.4, 0.5) is 0 Å². The van der Waals surface area contributed by atoms with Crippen molar-refractivity contribution >= 4 is 17.5 Å². The average Bonchev–Trinajstić information content (AvgIpc) is 2.55. The number of nitrogens with one attached hydrogen (secondary N) is 1. The lowest BCUT2D eigenvalue weighted by molar-refractivity contribution is 0.0951. The van der Waals surface area contributed by atoms with Gasteiger partial charge in [0, 0.05) is 11.6 Å². The second-order valence-corrected chi connectivity index (χ2v) is 5.14. The molecule has 0 aliphatic rings. The van der Waals surface area contributed by atoms with Crippen molar-refractivity contribution in [3.05, 3.63) is 58.6 Å². The monoisotopic (exact) mass is 319 g/mol. The van der Waals surface area contributed by atoms with Crippen LogP contribution in [0.2, 0.25) is 5.02 Å². The fraction of sp³-hybridized carbons (Fsp3) is 0.235. The molecule has 0 unspecified atom stereocenters. The molecular weight excluding hydrogens is 302 g/mol. The Hall–Kier alpha value is -2.20. The van der Waals surface area contributed by atoms with E-state index in [2.05, 4.69) is 5.32 Å². The molecule has 0 atom stereocenters. The van der Waals surface area contributed by atoms with Crippen LogP contribution in [-0.4, -0.2) is 26.7 Å². The Labute approximate surface area is 135 Å². The predicted octanol–water partition coefficient (Wildman–Crippen LogP) is 3.33. The summed E-state index contributed by atoms with van der Waals surface area (Å²) in [6.07, 6.45) is 0.714. The van der Waals surface area contributed by atoms with Crippen molar-refractivity contribution in [2.45, 2.75) is 6.42 Å². The Balaban J connectivity index is 1.96. The zero-order chi connectivity index (χ0) is 15.9. The summed E-state index contributed by atoms with van der Waals surface area (Å²) in [6, 6.07) is 12.7. The van der Waals surface area contributed by atoms with E-state index in [1.807, 2.05) is 24.3 Å². The minimum Gasteiger partial charge on any atom is -0.497 e. The normalized spacial score (nSPS) is 10.1. The number of rotatable bonds is 6. The third-order valence-corrected chi connectivity index (χ3v) is 3.47. The molecule has 1 N–H and O–H groups in total. The van der Waals surface area contributed by atoms with E-state index in [-0.39, 0.29) is 5.91 Å². The first-order valence-electron chi connectivity index (χ1n) is 6.88. The van der Waals surface area contributed by atoms with Crippen LogP contribution < -0.4 is 14.8 Å². The van der Waals surface area contributed by atoms with Crippen molar-refractivity contribution in [2.24, 2.45) is 0 Å². The van der Waals surface area contributed by atoms with E-state index in [1.54, 1.807) is 25.3 Å². The molecule has 0 heterocycles. The number of carbonyl (C=O) groups excluding carboxylic acids is 1. The minimum atomic E-state index is -0.206. The van der Waals surface area contributed by atoms with E-state index >= 15 is 0 Å². The SMILES string of the molecule is COc1cccc(CCNC(=O)c2cc(Cl)ccc2OC)c1. The molecule has 0 saturated heterocycles. The van der Waals surface area contributed by atoms with E-state index < -0.39 is 0 Å². The molecule has 0 spiro atoms. The van der Waals surface area contributed by atoms with Crippen molar-refractivity contribution in [1.82, 2.24) is 5.32 Å². The lowest BCUT2D eigenvalue weighted by Crippen LogP contribution is -2.26. The molecule has 0 fully saturated rings. The Bertz CT molecular complexity index is 658. The van der Waals surface area contributed by atoms with Crippen molar-refractivity contribution in [2.75, 3.05) is 20.8 Å². The van der Waals surface area contributed by atoms with Gasteiger partial charge in [-0.2, -0.15) is 0 Å². The smallest absolute Gasteiger partial charge is 0.255 e. The zero-order valence-electron chi connectivity index (χ0n) is 12.6. The Morgan fingerprint density at radius 3 is 2.68 bits per heavy atom. The molecule has 2 rings (SSSR count). The molecule has 2 aromatic carbocycles. The highest BCUT2D eigenvalue weighted by Crippen LogP contribution is 2.22. The molecule has 0 aliphatic carbocycles. The van der Waals surface area contributed by atoms with Crippen molar-refractivity contribution in [1.29, 1.82) is 0 Å². The summed E-state index contributed by atoms with van der Waals surface area (Å²) in [6.45, 7) is 0.516. The quantitative estimate of drug-likeness (QED) is 0.888. The van der Waals surface area contributed by atoms with E-state index in [1.165, 1.54) is 7.11 Å². The van der Waals surface area contributed by atoms with Crippen LogP contribution in [0, 0.1) is 0 Å². The average molecular weight is 320 g/mol. The van der Waals surface area contributed by atoms with E-state index in [0.29, 0.717) is 29.3 Å². The number of methoxy groups -OCH3 is 2. The van der Waals surface area contributed by atoms with Crippen LogP contribution in [0.3, 0.4) is 0 Å². The van der Waals surface area contributed by atoms with Crippen LogP contribution >= 0.6 is 11.6 Å². The van der Waals surface area contributed by atoms with Gasteiger partial charge in [-0.3, -0.25) is 4.79 Å². The van der Waals surface area contributed by atoms with Crippen molar-refractivity contribution < 1.29 is 14.3 Å². The lowest BCUT2D eigenvalue weighted by Gasteiger charge is -2.10. The summed E-state index contributed by atoms with van der Waals surface area (Å²) in [7, 11) is 3.16. The zero-order valence-corrected chi connectivity index (χ0v) is 13.3. The summed E-state index contributed by atoms with van der Waals surface area (Å²) in [4.78, 5) is 12.2. The maximum Gasteiger partial charge on any atom is 0.255 e. The Kier molecular flexibility index (Phi) is 5.67. The number of hydrogen-bond acceptors (Lipinski definition) is 3. The molecule has 0 aromatic heterocycles. The molecular formula is C17H18ClNO3. The van der Waals surface area contributed by atoms with Gasteiger partial charge in [-0.1, -0.05) is 23.7 Å². The summed E-state index contributed by atoms with van der Waals surface area (Å²) in [5.41, 5.74) is 1.53. The molecule has 2 aromatic rings. The molecule has 0 radical (unpaired) electrons. The van der Waals surface area contributed by atoms with Gasteiger partial charge < -0.3 is 14.8 Å². The molecule has 0 saturated carbocycles. The molecule has 4 nitrogen and oxygen atoms in total. The van der Waals surface area contributed by atoms with Crippen LogP contribution in [0.25, 0.3) is 0 Å². The number of hydrogen-bond donors (Lipinski definition) is 1. The molecule has 5 heteroatoms. The van der Waals surface area contributed by atoms with Gasteiger partial charge in [0.05, 0.1) is 19.8 Å². The number of ether oxygens (including phenoxy) is 2. The second kappa shape index (κ2) is 7.71. The van der Waals surface area contributed by atoms with Gasteiger partial charge in [0.2, 0.25) is 0 Å². The van der Waals surface area contributed by atoms with Crippen molar-refractivity contribution in [3.63, 3.8) is 0 Å². The predicted molar refractivity (Wildman–Crippen MR) is 87.0 cm³/mol. The van der Waals surface area contributed by atoms with Gasteiger partial charge in [-0.25, -0.2) is 0 Å². The highest BCUT2D eigenvalue weighted by Gasteiger charge is 2.12. The summed E-state index contributed by atoms with van der Waals surface area (Å²) in [5.74, 6) is 1.10. The second-order valence-electron chi connectivity index (χ2n) is 4.70. The van der Waals surface area contributed by atoms with Crippen molar-refractivity contribution in [3.8, 4) is 11.5 Å². The number of carbonyl (C=O) groups is 1. The number of amides is 1. The van der Waals surface area contributed by atoms with Crippen LogP contribution in [0.1, 0.15) is 15.9 Å². The molecule has 1 amide bonds. The molecule has 22 heavy (non-hydrogen) atoms. The third-order valence-electron chi connectivity index (χ3n) is 3.24. The fourth-order valence-corrected chi connectivity index (χ4v) is 2.27. The summed E-state index contributed by atoms with van der Waals surface area (Å²) < 4.78 is 10.4. The number of benzene rings is 2. The van der Waals surface area contributed by atoms with Gasteiger partial charge in [-0.15, -0.1) is 0 Å². The minimum absolute atomic E-state index is 0.206. The van der Waals surface area contributed by atoms with Crippen LogP contribution in [0.5, 0.6) is 11.5 Å². The maximum atomic E-state index is 12.2. The van der Waals surface area contributed by atoms with Gasteiger partial charge >= 0.3 is 0 Å². The van der Waals surface area contributed by atoms with Gasteiger partial charge in [-0.05, 0) is 42.3 Å². The van der Waals surface area contributed by atoms with Gasteiger partial charge in [0.15, 0.2) is 0 Å². The third kappa shape index (κ3) is 4.15. The van der Waals surface area contributed by atoms with Gasteiger partial charge in [0.1, 0.15) is 11.5 Å². The Morgan fingerprint density at radius 2 is 1.95 bits per heavy atom. The molecule has 0 bridgehead atoms. The highest BCUT2D eigenvalue weighted by atomic mass is 35.5. The van der Waals surface area contributed by atoms with E-state index in [4.69, 9.17) is 21.1 Å². The lowest BCUT2D eigenvalue weighted by atomic mass is 10.1. The molecule has 0 aliphatic heterocycles. The van der Waals surface area contributed by atoms with Crippen LogP contribution in [0.15, 0.2) is 42.5 Å². The van der Waals surface area contributed by atoms with Gasteiger partial charge in [0.25, 0.3) is 5.91 Å². The first kappa shape index (κ1) is 16.2. The largest absolute Gasteiger partial charge is 0.497 e. The van der Waals surface area contributed by atoms with E-state index in [0.717, 1.165) is 11.3 Å². The first-order valence-corrected chi connectivity index (χ1v) is 7.26. The van der Waals surface area contributed by atoms with Crippen LogP contribution in [-0.2, 0) is 6.42 Å². The number of halogens is 1. The standard InChI is InChI=1S/C17H18ClNO3/c1-21-14-5-3-4-12(10-14)8-9-19-17(20)15-11-13(18)6-7-16(15)22-2/h3-7,10-11H,8-9H2,1-2H3,(H,19,20). The maximum absolute atomic E-state index is 12.2. The topological polar surface area (TPSA) is 47.6 Å². The summed E-state index contributed by atoms with van der Waals surface area (Å²) in [5, 5.41) is 3.37. The summed E-state index contributed by atoms with van der Waals surface area (Å²) >= 11 is 5.93. The highest BCUT2D eigenvalue weighted by molar-refractivity contribution is 6.31. The van der Waals surface area contributed by atoms with E-state index in [9.17, 15) is 4.79 Å². The Morgan fingerprint density at radius 1 is 1.14 bits per heavy atom. The molecule has 116 valence electrons. The fourth-order valence-electron chi connectivity index (χ4n) is 2.10.